The third-order valence-electron chi connectivity index (χ3n) is 5.40. The minimum Gasteiger partial charge on any atom is -0.461 e. The Balaban J connectivity index is 0.000000205. The van der Waals surface area contributed by atoms with Crippen LogP contribution in [0, 0.1) is 6.92 Å². The molecule has 0 aromatic heterocycles. The Morgan fingerprint density at radius 3 is 1.88 bits per heavy atom. The number of benzene rings is 4. The maximum Gasteiger partial charge on any atom is 0.305 e. The molecule has 0 bridgehead atoms. The number of esters is 1. The van der Waals surface area contributed by atoms with Crippen molar-refractivity contribution in [2.75, 3.05) is 5.75 Å². The highest BCUT2D eigenvalue weighted by Gasteiger charge is 2.12. The maximum absolute atomic E-state index is 11.5. The van der Waals surface area contributed by atoms with Gasteiger partial charge < -0.3 is 4.74 Å². The van der Waals surface area contributed by atoms with Crippen LogP contribution < -0.4 is 0 Å². The van der Waals surface area contributed by atoms with Crippen molar-refractivity contribution in [1.29, 1.82) is 0 Å². The third kappa shape index (κ3) is 6.20. The van der Waals surface area contributed by atoms with Gasteiger partial charge in [0.15, 0.2) is 9.84 Å². The highest BCUT2D eigenvalue weighted by molar-refractivity contribution is 7.91. The normalized spacial score (nSPS) is 11.1. The molecule has 0 amide bonds. The Kier molecular flexibility index (Phi) is 8.23. The smallest absolute Gasteiger partial charge is 0.305 e. The number of carbonyl (C=O) groups excluding carboxylic acids is 1. The molecule has 0 atom stereocenters. The average molecular weight is 463 g/mol. The van der Waals surface area contributed by atoms with Gasteiger partial charge in [-0.1, -0.05) is 80.1 Å². The molecule has 0 saturated carbocycles. The second-order valence-corrected chi connectivity index (χ2v) is 10.1. The van der Waals surface area contributed by atoms with E-state index in [1.54, 1.807) is 12.1 Å². The van der Waals surface area contributed by atoms with Crippen LogP contribution in [0.3, 0.4) is 0 Å². The molecule has 0 saturated heterocycles. The molecule has 0 fully saturated rings. The predicted octanol–water partition coefficient (Wildman–Crippen LogP) is 6.62. The van der Waals surface area contributed by atoms with E-state index in [1.807, 2.05) is 57.2 Å². The summed E-state index contributed by atoms with van der Waals surface area (Å²) in [7, 11) is -3.03. The van der Waals surface area contributed by atoms with E-state index in [1.165, 1.54) is 10.8 Å². The second kappa shape index (κ2) is 11.1. The van der Waals surface area contributed by atoms with Gasteiger partial charge in [0.05, 0.1) is 10.6 Å². The topological polar surface area (TPSA) is 60.4 Å². The van der Waals surface area contributed by atoms with Crippen LogP contribution >= 0.6 is 0 Å². The Labute approximate surface area is 196 Å². The lowest BCUT2D eigenvalue weighted by molar-refractivity contribution is -0.144. The molecule has 0 heterocycles. The summed E-state index contributed by atoms with van der Waals surface area (Å²) in [5, 5.41) is 4.65. The van der Waals surface area contributed by atoms with Crippen molar-refractivity contribution in [2.45, 2.75) is 45.1 Å². The zero-order valence-corrected chi connectivity index (χ0v) is 20.2. The zero-order chi connectivity index (χ0) is 23.8. The summed E-state index contributed by atoms with van der Waals surface area (Å²) < 4.78 is 28.4. The minimum atomic E-state index is -3.03. The van der Waals surface area contributed by atoms with Crippen molar-refractivity contribution >= 4 is 37.4 Å². The molecule has 0 aliphatic heterocycles. The van der Waals surface area contributed by atoms with Crippen molar-refractivity contribution in [1.82, 2.24) is 0 Å². The number of carbonyl (C=O) groups is 1. The number of aryl methyl sites for hydroxylation is 1. The van der Waals surface area contributed by atoms with Gasteiger partial charge in [0, 0.05) is 12.0 Å². The van der Waals surface area contributed by atoms with Gasteiger partial charge in [0.1, 0.15) is 6.61 Å². The molecule has 0 aliphatic carbocycles. The van der Waals surface area contributed by atoms with Crippen molar-refractivity contribution < 1.29 is 17.9 Å². The Bertz CT molecular complexity index is 1290. The third-order valence-corrected chi connectivity index (χ3v) is 7.34. The first kappa shape index (κ1) is 24.5. The van der Waals surface area contributed by atoms with Gasteiger partial charge in [-0.2, -0.15) is 0 Å². The van der Waals surface area contributed by atoms with Crippen LogP contribution in [0.1, 0.15) is 37.8 Å². The van der Waals surface area contributed by atoms with Gasteiger partial charge in [-0.15, -0.1) is 0 Å². The fourth-order valence-corrected chi connectivity index (χ4v) is 4.97. The molecule has 0 spiro atoms. The molecule has 4 rings (SSSR count). The lowest BCUT2D eigenvalue weighted by Crippen LogP contribution is -2.05. The van der Waals surface area contributed by atoms with Gasteiger partial charge in [0.25, 0.3) is 0 Å². The number of sulfone groups is 1. The van der Waals surface area contributed by atoms with E-state index in [9.17, 15) is 13.2 Å². The standard InChI is InChI=1S/C18H16O2.C10H14O2S/c1-2-18(19)20-12-17-15-9-5-3-7-13(15)11-14-8-4-6-10-16(14)17;1-3-8-13(11,12)10-6-4-9(2)5-7-10/h3-11H,2,12H2,1H3;4-7H,3,8H2,1-2H3. The average Bonchev–Trinajstić information content (AvgIpc) is 2.82. The summed E-state index contributed by atoms with van der Waals surface area (Å²) >= 11 is 0. The second-order valence-electron chi connectivity index (χ2n) is 7.94. The highest BCUT2D eigenvalue weighted by Crippen LogP contribution is 2.29. The van der Waals surface area contributed by atoms with E-state index >= 15 is 0 Å². The van der Waals surface area contributed by atoms with Crippen LogP contribution in [-0.4, -0.2) is 20.1 Å². The quantitative estimate of drug-likeness (QED) is 0.238. The highest BCUT2D eigenvalue weighted by atomic mass is 32.2. The van der Waals surface area contributed by atoms with Crippen molar-refractivity contribution in [3.8, 4) is 0 Å². The molecule has 0 aliphatic rings. The molecule has 0 N–H and O–H groups in total. The summed E-state index contributed by atoms with van der Waals surface area (Å²) in [6, 6.07) is 25.6. The van der Waals surface area contributed by atoms with Crippen molar-refractivity contribution in [2.24, 2.45) is 0 Å². The molecule has 0 unspecified atom stereocenters. The van der Waals surface area contributed by atoms with E-state index in [4.69, 9.17) is 4.74 Å². The molecule has 0 radical (unpaired) electrons. The first-order chi connectivity index (χ1) is 15.9. The number of hydrogen-bond acceptors (Lipinski definition) is 4. The Hall–Kier alpha value is -3.18. The van der Waals surface area contributed by atoms with E-state index < -0.39 is 9.84 Å². The molecule has 5 heteroatoms. The fraction of sp³-hybridized carbons (Fsp3) is 0.250. The van der Waals surface area contributed by atoms with E-state index in [2.05, 4.69) is 30.3 Å². The SMILES string of the molecule is CCC(=O)OCc1c2ccccc2cc2ccccc12.CCCS(=O)(=O)c1ccc(C)cc1. The van der Waals surface area contributed by atoms with Gasteiger partial charge in [0.2, 0.25) is 0 Å². The predicted molar refractivity (Wildman–Crippen MR) is 135 cm³/mol. The van der Waals surface area contributed by atoms with E-state index in [0.717, 1.165) is 21.9 Å². The first-order valence-electron chi connectivity index (χ1n) is 11.2. The summed E-state index contributed by atoms with van der Waals surface area (Å²) in [5.74, 6) is 0.0674. The van der Waals surface area contributed by atoms with Crippen LogP contribution in [0.15, 0.2) is 83.8 Å². The molecule has 33 heavy (non-hydrogen) atoms. The summed E-state index contributed by atoms with van der Waals surface area (Å²) in [5.41, 5.74) is 2.16. The van der Waals surface area contributed by atoms with Crippen LogP contribution in [0.5, 0.6) is 0 Å². The largest absolute Gasteiger partial charge is 0.461 e. The lowest BCUT2D eigenvalue weighted by atomic mass is 9.97. The van der Waals surface area contributed by atoms with Crippen LogP contribution in [0.4, 0.5) is 0 Å². The van der Waals surface area contributed by atoms with Crippen molar-refractivity contribution in [3.05, 3.63) is 90.0 Å². The Morgan fingerprint density at radius 1 is 0.818 bits per heavy atom. The van der Waals surface area contributed by atoms with Gasteiger partial charge in [-0.25, -0.2) is 8.42 Å². The molecule has 4 nitrogen and oxygen atoms in total. The number of fused-ring (bicyclic) bond motifs is 2. The van der Waals surface area contributed by atoms with Gasteiger partial charge in [-0.05, 0) is 53.1 Å². The fourth-order valence-electron chi connectivity index (χ4n) is 3.65. The number of rotatable bonds is 6. The van der Waals surface area contributed by atoms with Crippen molar-refractivity contribution in [3.63, 3.8) is 0 Å². The van der Waals surface area contributed by atoms with Crippen LogP contribution in [0.25, 0.3) is 21.5 Å². The molecule has 4 aromatic rings. The minimum absolute atomic E-state index is 0.165. The Morgan fingerprint density at radius 2 is 1.36 bits per heavy atom. The molecular formula is C28H30O4S. The maximum atomic E-state index is 11.5. The first-order valence-corrected chi connectivity index (χ1v) is 12.9. The van der Waals surface area contributed by atoms with E-state index in [-0.39, 0.29) is 11.7 Å². The van der Waals surface area contributed by atoms with Gasteiger partial charge >= 0.3 is 5.97 Å². The number of ether oxygens (including phenoxy) is 1. The summed E-state index contributed by atoms with van der Waals surface area (Å²) in [6.45, 7) is 5.94. The molecule has 4 aromatic carbocycles. The number of hydrogen-bond donors (Lipinski definition) is 0. The van der Waals surface area contributed by atoms with E-state index in [0.29, 0.717) is 24.3 Å². The summed E-state index contributed by atoms with van der Waals surface area (Å²) in [6.07, 6.45) is 1.07. The lowest BCUT2D eigenvalue weighted by Gasteiger charge is -2.11. The monoisotopic (exact) mass is 462 g/mol. The molecular weight excluding hydrogens is 432 g/mol. The van der Waals surface area contributed by atoms with Crippen LogP contribution in [-0.2, 0) is 26.0 Å². The van der Waals surface area contributed by atoms with Gasteiger partial charge in [-0.3, -0.25) is 4.79 Å². The molecule has 172 valence electrons. The van der Waals surface area contributed by atoms with Crippen LogP contribution in [0.2, 0.25) is 0 Å². The zero-order valence-electron chi connectivity index (χ0n) is 19.4. The summed E-state index contributed by atoms with van der Waals surface area (Å²) in [4.78, 5) is 11.9.